The maximum atomic E-state index is 6.35. The summed E-state index contributed by atoms with van der Waals surface area (Å²) in [6, 6.07) is 8.17. The molecule has 2 aromatic heterocycles. The number of benzene rings is 1. The number of imidazole rings is 2. The zero-order valence-electron chi connectivity index (χ0n) is 12.5. The number of aromatic nitrogens is 4. The van der Waals surface area contributed by atoms with Gasteiger partial charge in [-0.3, -0.25) is 0 Å². The van der Waals surface area contributed by atoms with Crippen LogP contribution in [-0.4, -0.2) is 19.1 Å². The Labute approximate surface area is 124 Å². The lowest BCUT2D eigenvalue weighted by Crippen LogP contribution is -2.19. The summed E-state index contributed by atoms with van der Waals surface area (Å²) >= 11 is 0. The van der Waals surface area contributed by atoms with E-state index >= 15 is 0 Å². The van der Waals surface area contributed by atoms with Crippen LogP contribution in [0.3, 0.4) is 0 Å². The predicted molar refractivity (Wildman–Crippen MR) is 83.9 cm³/mol. The highest BCUT2D eigenvalue weighted by atomic mass is 15.1. The van der Waals surface area contributed by atoms with E-state index in [-0.39, 0.29) is 6.04 Å². The third-order valence-corrected chi connectivity index (χ3v) is 3.82. The number of fused-ring (bicyclic) bond motifs is 1. The van der Waals surface area contributed by atoms with Gasteiger partial charge < -0.3 is 14.9 Å². The summed E-state index contributed by atoms with van der Waals surface area (Å²) in [5.41, 5.74) is 9.60. The predicted octanol–water partition coefficient (Wildman–Crippen LogP) is 2.42. The minimum Gasteiger partial charge on any atom is -0.336 e. The summed E-state index contributed by atoms with van der Waals surface area (Å²) in [4.78, 5) is 8.91. The Morgan fingerprint density at radius 1 is 1.29 bits per heavy atom. The number of para-hydroxylation sites is 2. The maximum Gasteiger partial charge on any atom is 0.111 e. The van der Waals surface area contributed by atoms with Crippen molar-refractivity contribution in [2.45, 2.75) is 32.4 Å². The van der Waals surface area contributed by atoms with Gasteiger partial charge in [-0.15, -0.1) is 0 Å². The van der Waals surface area contributed by atoms with Gasteiger partial charge in [0.15, 0.2) is 0 Å². The van der Waals surface area contributed by atoms with Crippen LogP contribution in [-0.2, 0) is 20.0 Å². The molecule has 21 heavy (non-hydrogen) atoms. The first kappa shape index (κ1) is 13.8. The summed E-state index contributed by atoms with van der Waals surface area (Å²) in [7, 11) is 1.97. The van der Waals surface area contributed by atoms with Crippen molar-refractivity contribution in [1.82, 2.24) is 19.1 Å². The van der Waals surface area contributed by atoms with Crippen LogP contribution in [0.2, 0.25) is 0 Å². The second-order valence-corrected chi connectivity index (χ2v) is 5.41. The highest BCUT2D eigenvalue weighted by molar-refractivity contribution is 5.75. The molecule has 0 spiro atoms. The van der Waals surface area contributed by atoms with Gasteiger partial charge in [0.1, 0.15) is 5.82 Å². The Kier molecular flexibility index (Phi) is 3.75. The Hall–Kier alpha value is -2.14. The fourth-order valence-electron chi connectivity index (χ4n) is 2.78. The molecule has 3 rings (SSSR count). The van der Waals surface area contributed by atoms with Gasteiger partial charge in [-0.1, -0.05) is 19.1 Å². The molecule has 2 N–H and O–H groups in total. The first-order chi connectivity index (χ1) is 10.2. The molecule has 0 saturated carbocycles. The van der Waals surface area contributed by atoms with Crippen LogP contribution in [0.1, 0.15) is 30.9 Å². The lowest BCUT2D eigenvalue weighted by molar-refractivity contribution is 0.589. The summed E-state index contributed by atoms with van der Waals surface area (Å²) < 4.78 is 4.25. The molecule has 3 aromatic rings. The quantitative estimate of drug-likeness (QED) is 0.782. The molecule has 0 fully saturated rings. The van der Waals surface area contributed by atoms with E-state index in [1.807, 2.05) is 23.9 Å². The zero-order valence-corrected chi connectivity index (χ0v) is 12.5. The molecule has 5 heteroatoms. The summed E-state index contributed by atoms with van der Waals surface area (Å²) in [5, 5.41) is 0. The van der Waals surface area contributed by atoms with Gasteiger partial charge in [-0.25, -0.2) is 9.97 Å². The van der Waals surface area contributed by atoms with Crippen LogP contribution in [0.5, 0.6) is 0 Å². The molecule has 0 aliphatic heterocycles. The van der Waals surface area contributed by atoms with E-state index in [1.54, 1.807) is 6.33 Å². The van der Waals surface area contributed by atoms with Crippen LogP contribution in [0.4, 0.5) is 0 Å². The zero-order chi connectivity index (χ0) is 14.8. The van der Waals surface area contributed by atoms with Gasteiger partial charge in [0.25, 0.3) is 0 Å². The highest BCUT2D eigenvalue weighted by Crippen LogP contribution is 2.21. The van der Waals surface area contributed by atoms with Crippen LogP contribution in [0.15, 0.2) is 36.8 Å². The van der Waals surface area contributed by atoms with Crippen LogP contribution in [0.25, 0.3) is 11.0 Å². The molecular formula is C16H21N5. The Balaban J connectivity index is 1.96. The van der Waals surface area contributed by atoms with E-state index in [4.69, 9.17) is 10.7 Å². The third kappa shape index (κ3) is 2.56. The molecule has 1 aromatic carbocycles. The summed E-state index contributed by atoms with van der Waals surface area (Å²) in [5.74, 6) is 1.05. The Morgan fingerprint density at radius 3 is 2.81 bits per heavy atom. The molecule has 1 atom stereocenters. The number of hydrogen-bond donors (Lipinski definition) is 1. The minimum atomic E-state index is -0.0927. The fraction of sp³-hybridized carbons (Fsp3) is 0.375. The van der Waals surface area contributed by atoms with E-state index in [0.29, 0.717) is 6.42 Å². The van der Waals surface area contributed by atoms with E-state index in [9.17, 15) is 0 Å². The van der Waals surface area contributed by atoms with E-state index < -0.39 is 0 Å². The van der Waals surface area contributed by atoms with E-state index in [1.165, 1.54) is 5.52 Å². The Morgan fingerprint density at radius 2 is 2.10 bits per heavy atom. The molecule has 1 unspecified atom stereocenters. The van der Waals surface area contributed by atoms with E-state index in [0.717, 1.165) is 30.0 Å². The first-order valence-corrected chi connectivity index (χ1v) is 7.36. The van der Waals surface area contributed by atoms with Gasteiger partial charge in [0.2, 0.25) is 0 Å². The van der Waals surface area contributed by atoms with Crippen LogP contribution >= 0.6 is 0 Å². The Bertz CT molecular complexity index is 740. The van der Waals surface area contributed by atoms with E-state index in [2.05, 4.69) is 34.7 Å². The largest absolute Gasteiger partial charge is 0.336 e. The second-order valence-electron chi connectivity index (χ2n) is 5.41. The van der Waals surface area contributed by atoms with Crippen molar-refractivity contribution in [3.8, 4) is 0 Å². The lowest BCUT2D eigenvalue weighted by Gasteiger charge is -2.13. The normalized spacial score (nSPS) is 12.9. The molecule has 0 aliphatic carbocycles. The molecule has 0 saturated heterocycles. The van der Waals surface area contributed by atoms with Gasteiger partial charge in [-0.05, 0) is 18.6 Å². The van der Waals surface area contributed by atoms with Crippen LogP contribution < -0.4 is 5.73 Å². The number of rotatable bonds is 5. The number of aryl methyl sites for hydroxylation is 2. The topological polar surface area (TPSA) is 61.7 Å². The number of nitrogens with zero attached hydrogens (tertiary/aromatic N) is 4. The molecule has 0 amide bonds. The molecule has 0 aliphatic rings. The van der Waals surface area contributed by atoms with Crippen molar-refractivity contribution in [1.29, 1.82) is 0 Å². The lowest BCUT2D eigenvalue weighted by atomic mass is 10.1. The van der Waals surface area contributed by atoms with Crippen molar-refractivity contribution >= 4 is 11.0 Å². The molecule has 2 heterocycles. The third-order valence-electron chi connectivity index (χ3n) is 3.82. The molecular weight excluding hydrogens is 262 g/mol. The van der Waals surface area contributed by atoms with Crippen molar-refractivity contribution in [3.05, 3.63) is 48.3 Å². The second kappa shape index (κ2) is 5.69. The number of hydrogen-bond acceptors (Lipinski definition) is 3. The highest BCUT2D eigenvalue weighted by Gasteiger charge is 2.16. The number of nitrogens with two attached hydrogens (primary N) is 1. The average molecular weight is 283 g/mol. The molecule has 0 bridgehead atoms. The average Bonchev–Trinajstić information content (AvgIpc) is 3.04. The van der Waals surface area contributed by atoms with Gasteiger partial charge in [-0.2, -0.15) is 0 Å². The summed E-state index contributed by atoms with van der Waals surface area (Å²) in [6.07, 6.45) is 5.41. The van der Waals surface area contributed by atoms with Crippen molar-refractivity contribution in [2.75, 3.05) is 0 Å². The van der Waals surface area contributed by atoms with Gasteiger partial charge >= 0.3 is 0 Å². The standard InChI is InChI=1S/C16H21N5/c1-3-8-21-14-7-5-4-6-13(14)19-16(21)9-12(17)15-10-18-11-20(15)2/h4-7,10-12H,3,8-9,17H2,1-2H3. The van der Waals surface area contributed by atoms with Gasteiger partial charge in [0.05, 0.1) is 29.1 Å². The van der Waals surface area contributed by atoms with Crippen molar-refractivity contribution < 1.29 is 0 Å². The SMILES string of the molecule is CCCn1c(CC(N)c2cncn2C)nc2ccccc21. The summed E-state index contributed by atoms with van der Waals surface area (Å²) in [6.45, 7) is 3.15. The van der Waals surface area contributed by atoms with Crippen LogP contribution in [0, 0.1) is 0 Å². The van der Waals surface area contributed by atoms with Gasteiger partial charge in [0, 0.05) is 26.2 Å². The van der Waals surface area contributed by atoms with Crippen molar-refractivity contribution in [2.24, 2.45) is 12.8 Å². The minimum absolute atomic E-state index is 0.0927. The first-order valence-electron chi connectivity index (χ1n) is 7.36. The molecule has 0 radical (unpaired) electrons. The monoisotopic (exact) mass is 283 g/mol. The fourth-order valence-corrected chi connectivity index (χ4v) is 2.78. The smallest absolute Gasteiger partial charge is 0.111 e. The molecule has 110 valence electrons. The maximum absolute atomic E-state index is 6.35. The van der Waals surface area contributed by atoms with Crippen molar-refractivity contribution in [3.63, 3.8) is 0 Å². The molecule has 5 nitrogen and oxygen atoms in total.